The van der Waals surface area contributed by atoms with Crippen LogP contribution in [0.15, 0.2) is 12.4 Å². The maximum atomic E-state index is 12.3. The quantitative estimate of drug-likeness (QED) is 0.889. The monoisotopic (exact) mass is 247 g/mol. The van der Waals surface area contributed by atoms with Gasteiger partial charge in [0.2, 0.25) is 5.95 Å². The van der Waals surface area contributed by atoms with Gasteiger partial charge in [-0.2, -0.15) is 13.2 Å². The molecule has 0 aromatic carbocycles. The molecule has 0 bridgehead atoms. The first kappa shape index (κ1) is 12.3. The Hall–Kier alpha value is -1.20. The second-order valence-electron chi connectivity index (χ2n) is 4.47. The van der Waals surface area contributed by atoms with Crippen LogP contribution in [0.3, 0.4) is 0 Å². The van der Waals surface area contributed by atoms with E-state index in [0.717, 1.165) is 30.3 Å². The molecule has 2 rings (SSSR count). The molecule has 1 aliphatic rings. The summed E-state index contributed by atoms with van der Waals surface area (Å²) in [7, 11) is 0. The largest absolute Gasteiger partial charge is 0.406 e. The molecule has 1 saturated carbocycles. The molecule has 1 aliphatic carbocycles. The zero-order valence-electron chi connectivity index (χ0n) is 9.50. The van der Waals surface area contributed by atoms with Crippen LogP contribution in [0.5, 0.6) is 0 Å². The third-order valence-corrected chi connectivity index (χ3v) is 3.00. The van der Waals surface area contributed by atoms with Crippen molar-refractivity contribution >= 4 is 5.95 Å². The van der Waals surface area contributed by atoms with E-state index in [1.807, 2.05) is 0 Å². The van der Waals surface area contributed by atoms with E-state index in [2.05, 4.69) is 10.3 Å². The van der Waals surface area contributed by atoms with Gasteiger partial charge in [0.05, 0.1) is 0 Å². The normalized spacial score (nSPS) is 18.3. The van der Waals surface area contributed by atoms with E-state index in [1.54, 1.807) is 0 Å². The number of nitrogens with zero attached hydrogens (tertiary/aromatic N) is 2. The standard InChI is InChI=1S/C11H16F3N3/c12-11(13,14)8-17-7-6-15-10(17)16-9-4-2-1-3-5-9/h6-7,9H,1-5,8H2,(H,15,16). The lowest BCUT2D eigenvalue weighted by Gasteiger charge is -2.23. The predicted octanol–water partition coefficient (Wildman–Crippen LogP) is 3.19. The molecule has 0 radical (unpaired) electrons. The number of hydrogen-bond acceptors (Lipinski definition) is 2. The number of nitrogens with one attached hydrogen (secondary N) is 1. The molecule has 0 saturated heterocycles. The smallest absolute Gasteiger partial charge is 0.353 e. The summed E-state index contributed by atoms with van der Waals surface area (Å²) in [6.07, 6.45) is 4.07. The van der Waals surface area contributed by atoms with Crippen molar-refractivity contribution in [2.24, 2.45) is 0 Å². The number of alkyl halides is 3. The summed E-state index contributed by atoms with van der Waals surface area (Å²) in [6, 6.07) is 0.262. The van der Waals surface area contributed by atoms with E-state index in [9.17, 15) is 13.2 Å². The van der Waals surface area contributed by atoms with Gasteiger partial charge in [-0.3, -0.25) is 0 Å². The van der Waals surface area contributed by atoms with E-state index < -0.39 is 12.7 Å². The highest BCUT2D eigenvalue weighted by Gasteiger charge is 2.29. The van der Waals surface area contributed by atoms with Gasteiger partial charge in [0.25, 0.3) is 0 Å². The number of imidazole rings is 1. The zero-order chi connectivity index (χ0) is 12.3. The van der Waals surface area contributed by atoms with Crippen molar-refractivity contribution in [2.75, 3.05) is 5.32 Å². The third kappa shape index (κ3) is 3.64. The molecule has 17 heavy (non-hydrogen) atoms. The summed E-state index contributed by atoms with van der Waals surface area (Å²) in [4.78, 5) is 3.95. The van der Waals surface area contributed by atoms with Gasteiger partial charge in [0.1, 0.15) is 6.54 Å². The van der Waals surface area contributed by atoms with Crippen molar-refractivity contribution in [3.8, 4) is 0 Å². The highest BCUT2D eigenvalue weighted by Crippen LogP contribution is 2.23. The second-order valence-corrected chi connectivity index (χ2v) is 4.47. The topological polar surface area (TPSA) is 29.9 Å². The molecule has 0 atom stereocenters. The number of hydrogen-bond donors (Lipinski definition) is 1. The Morgan fingerprint density at radius 1 is 1.29 bits per heavy atom. The van der Waals surface area contributed by atoms with Crippen LogP contribution in [-0.2, 0) is 6.54 Å². The summed E-state index contributed by atoms with van der Waals surface area (Å²) in [5, 5.41) is 3.10. The van der Waals surface area contributed by atoms with Crippen LogP contribution in [-0.4, -0.2) is 21.8 Å². The molecule has 1 aromatic rings. The summed E-state index contributed by atoms with van der Waals surface area (Å²) in [6.45, 7) is -0.984. The van der Waals surface area contributed by atoms with Crippen LogP contribution in [0, 0.1) is 0 Å². The van der Waals surface area contributed by atoms with E-state index in [4.69, 9.17) is 0 Å². The first-order chi connectivity index (χ1) is 8.04. The molecule has 1 fully saturated rings. The minimum atomic E-state index is -4.20. The molecule has 3 nitrogen and oxygen atoms in total. The first-order valence-corrected chi connectivity index (χ1v) is 5.89. The Labute approximate surface area is 98.0 Å². The molecule has 0 aliphatic heterocycles. The van der Waals surface area contributed by atoms with Crippen molar-refractivity contribution in [3.63, 3.8) is 0 Å². The first-order valence-electron chi connectivity index (χ1n) is 5.89. The fraction of sp³-hybridized carbons (Fsp3) is 0.727. The third-order valence-electron chi connectivity index (χ3n) is 3.00. The summed E-state index contributed by atoms with van der Waals surface area (Å²) in [5.74, 6) is 0.328. The highest BCUT2D eigenvalue weighted by atomic mass is 19.4. The van der Waals surface area contributed by atoms with E-state index in [0.29, 0.717) is 5.95 Å². The molecular formula is C11H16F3N3. The minimum absolute atomic E-state index is 0.262. The molecule has 0 amide bonds. The predicted molar refractivity (Wildman–Crippen MR) is 58.8 cm³/mol. The van der Waals surface area contributed by atoms with E-state index in [-0.39, 0.29) is 6.04 Å². The van der Waals surface area contributed by atoms with Crippen LogP contribution in [0.4, 0.5) is 19.1 Å². The van der Waals surface area contributed by atoms with Crippen molar-refractivity contribution in [2.45, 2.75) is 50.9 Å². The number of anilines is 1. The lowest BCUT2D eigenvalue weighted by Crippen LogP contribution is -2.26. The molecule has 96 valence electrons. The molecule has 1 N–H and O–H groups in total. The van der Waals surface area contributed by atoms with Gasteiger partial charge in [-0.15, -0.1) is 0 Å². The number of aromatic nitrogens is 2. The second kappa shape index (κ2) is 4.98. The van der Waals surface area contributed by atoms with Gasteiger partial charge in [0, 0.05) is 18.4 Å². The molecule has 1 heterocycles. The Bertz CT molecular complexity index is 353. The minimum Gasteiger partial charge on any atom is -0.353 e. The summed E-state index contributed by atoms with van der Waals surface area (Å²) >= 11 is 0. The molecule has 0 spiro atoms. The highest BCUT2D eigenvalue weighted by molar-refractivity contribution is 5.27. The Morgan fingerprint density at radius 2 is 2.00 bits per heavy atom. The summed E-state index contributed by atoms with van der Waals surface area (Å²) in [5.41, 5.74) is 0. The fourth-order valence-corrected chi connectivity index (χ4v) is 2.20. The Balaban J connectivity index is 1.98. The maximum absolute atomic E-state index is 12.3. The van der Waals surface area contributed by atoms with Crippen LogP contribution in [0.2, 0.25) is 0 Å². The van der Waals surface area contributed by atoms with Crippen molar-refractivity contribution in [3.05, 3.63) is 12.4 Å². The SMILES string of the molecule is FC(F)(F)Cn1ccnc1NC1CCCCC1. The number of halogens is 3. The zero-order valence-corrected chi connectivity index (χ0v) is 9.50. The van der Waals surface area contributed by atoms with Gasteiger partial charge < -0.3 is 9.88 Å². The van der Waals surface area contributed by atoms with Crippen LogP contribution in [0.25, 0.3) is 0 Å². The molecule has 0 unspecified atom stereocenters. The molecule has 6 heteroatoms. The fourth-order valence-electron chi connectivity index (χ4n) is 2.20. The Morgan fingerprint density at radius 3 is 2.65 bits per heavy atom. The average molecular weight is 247 g/mol. The summed E-state index contributed by atoms with van der Waals surface area (Å²) < 4.78 is 38.0. The number of rotatable bonds is 3. The molecule has 1 aromatic heterocycles. The van der Waals surface area contributed by atoms with E-state index in [1.165, 1.54) is 18.8 Å². The Kier molecular flexibility index (Phi) is 3.59. The van der Waals surface area contributed by atoms with Crippen molar-refractivity contribution < 1.29 is 13.2 Å². The van der Waals surface area contributed by atoms with Crippen LogP contribution in [0.1, 0.15) is 32.1 Å². The molecular weight excluding hydrogens is 231 g/mol. The van der Waals surface area contributed by atoms with E-state index >= 15 is 0 Å². The van der Waals surface area contributed by atoms with Gasteiger partial charge >= 0.3 is 6.18 Å². The maximum Gasteiger partial charge on any atom is 0.406 e. The van der Waals surface area contributed by atoms with Gasteiger partial charge in [0.15, 0.2) is 0 Å². The lowest BCUT2D eigenvalue weighted by molar-refractivity contribution is -0.140. The average Bonchev–Trinajstić information content (AvgIpc) is 2.65. The van der Waals surface area contributed by atoms with Crippen molar-refractivity contribution in [1.29, 1.82) is 0 Å². The lowest BCUT2D eigenvalue weighted by atomic mass is 9.96. The van der Waals surface area contributed by atoms with Gasteiger partial charge in [-0.1, -0.05) is 19.3 Å². The van der Waals surface area contributed by atoms with Crippen molar-refractivity contribution in [1.82, 2.24) is 9.55 Å². The van der Waals surface area contributed by atoms with Crippen LogP contribution >= 0.6 is 0 Å². The van der Waals surface area contributed by atoms with Crippen LogP contribution < -0.4 is 5.32 Å². The van der Waals surface area contributed by atoms with Gasteiger partial charge in [-0.25, -0.2) is 4.98 Å². The van der Waals surface area contributed by atoms with Gasteiger partial charge in [-0.05, 0) is 12.8 Å².